The molecule has 0 N–H and O–H groups in total. The fourth-order valence-corrected chi connectivity index (χ4v) is 2.61. The molecule has 1 aliphatic heterocycles. The minimum Gasteiger partial charge on any atom is -0.339 e. The van der Waals surface area contributed by atoms with Gasteiger partial charge in [-0.2, -0.15) is 0 Å². The quantitative estimate of drug-likeness (QED) is 0.803. The molecular formula is C15H20FNO. The van der Waals surface area contributed by atoms with Crippen LogP contribution in [-0.4, -0.2) is 23.9 Å². The summed E-state index contributed by atoms with van der Waals surface area (Å²) in [6.45, 7) is 3.87. The van der Waals surface area contributed by atoms with Gasteiger partial charge in [-0.05, 0) is 43.0 Å². The first-order chi connectivity index (χ1) is 8.70. The largest absolute Gasteiger partial charge is 0.339 e. The van der Waals surface area contributed by atoms with Crippen LogP contribution in [0.4, 0.5) is 4.39 Å². The molecule has 0 radical (unpaired) electrons. The highest BCUT2D eigenvalue weighted by molar-refractivity contribution is 5.94. The van der Waals surface area contributed by atoms with Gasteiger partial charge in [0.2, 0.25) is 0 Å². The summed E-state index contributed by atoms with van der Waals surface area (Å²) in [4.78, 5) is 14.1. The van der Waals surface area contributed by atoms with E-state index in [9.17, 15) is 9.18 Å². The minimum atomic E-state index is -0.298. The maximum atomic E-state index is 12.8. The maximum absolute atomic E-state index is 12.8. The predicted molar refractivity (Wildman–Crippen MR) is 69.9 cm³/mol. The van der Waals surface area contributed by atoms with Crippen LogP contribution in [0.3, 0.4) is 0 Å². The Hall–Kier alpha value is -1.38. The molecule has 1 saturated heterocycles. The molecule has 1 aromatic carbocycles. The Morgan fingerprint density at radius 1 is 1.28 bits per heavy atom. The second-order valence-electron chi connectivity index (χ2n) is 5.03. The zero-order chi connectivity index (χ0) is 13.0. The number of hydrogen-bond donors (Lipinski definition) is 0. The monoisotopic (exact) mass is 249 g/mol. The summed E-state index contributed by atoms with van der Waals surface area (Å²) < 4.78 is 12.8. The third kappa shape index (κ3) is 3.09. The Morgan fingerprint density at radius 2 is 1.89 bits per heavy atom. The van der Waals surface area contributed by atoms with Crippen LogP contribution in [0.5, 0.6) is 0 Å². The zero-order valence-electron chi connectivity index (χ0n) is 10.9. The summed E-state index contributed by atoms with van der Waals surface area (Å²) in [5, 5.41) is 0. The van der Waals surface area contributed by atoms with E-state index in [0.717, 1.165) is 31.8 Å². The van der Waals surface area contributed by atoms with Crippen molar-refractivity contribution >= 4 is 5.91 Å². The fourth-order valence-electron chi connectivity index (χ4n) is 2.61. The molecule has 3 heteroatoms. The number of rotatable bonds is 3. The zero-order valence-corrected chi connectivity index (χ0v) is 10.9. The molecule has 0 spiro atoms. The van der Waals surface area contributed by atoms with Crippen molar-refractivity contribution in [3.8, 4) is 0 Å². The van der Waals surface area contributed by atoms with Gasteiger partial charge in [0.25, 0.3) is 5.91 Å². The third-order valence-corrected chi connectivity index (χ3v) is 3.69. The first-order valence-corrected chi connectivity index (χ1v) is 6.75. The molecule has 1 aromatic rings. The van der Waals surface area contributed by atoms with Gasteiger partial charge >= 0.3 is 0 Å². The van der Waals surface area contributed by atoms with E-state index >= 15 is 0 Å². The van der Waals surface area contributed by atoms with Gasteiger partial charge in [-0.1, -0.05) is 19.8 Å². The van der Waals surface area contributed by atoms with Crippen molar-refractivity contribution in [1.82, 2.24) is 4.90 Å². The molecule has 0 atom stereocenters. The van der Waals surface area contributed by atoms with E-state index in [0.29, 0.717) is 5.56 Å². The normalized spacial score (nSPS) is 16.9. The lowest BCUT2D eigenvalue weighted by Gasteiger charge is -2.32. The van der Waals surface area contributed by atoms with Crippen molar-refractivity contribution in [2.45, 2.75) is 32.6 Å². The highest BCUT2D eigenvalue weighted by atomic mass is 19.1. The van der Waals surface area contributed by atoms with E-state index in [2.05, 4.69) is 6.92 Å². The first kappa shape index (κ1) is 13.1. The van der Waals surface area contributed by atoms with Gasteiger partial charge in [-0.3, -0.25) is 4.79 Å². The van der Waals surface area contributed by atoms with Crippen LogP contribution < -0.4 is 0 Å². The molecule has 98 valence electrons. The van der Waals surface area contributed by atoms with Crippen LogP contribution in [-0.2, 0) is 0 Å². The molecule has 0 saturated carbocycles. The number of halogens is 1. The number of piperidine rings is 1. The molecule has 0 bridgehead atoms. The summed E-state index contributed by atoms with van der Waals surface area (Å²) in [5.41, 5.74) is 0.588. The maximum Gasteiger partial charge on any atom is 0.253 e. The van der Waals surface area contributed by atoms with Crippen LogP contribution >= 0.6 is 0 Å². The average Bonchev–Trinajstić information content (AvgIpc) is 2.40. The van der Waals surface area contributed by atoms with Gasteiger partial charge in [0, 0.05) is 18.7 Å². The molecular weight excluding hydrogens is 229 g/mol. The van der Waals surface area contributed by atoms with Crippen molar-refractivity contribution < 1.29 is 9.18 Å². The second kappa shape index (κ2) is 5.98. The molecule has 0 aromatic heterocycles. The van der Waals surface area contributed by atoms with Crippen LogP contribution in [0.1, 0.15) is 43.0 Å². The van der Waals surface area contributed by atoms with Crippen LogP contribution in [0.25, 0.3) is 0 Å². The third-order valence-electron chi connectivity index (χ3n) is 3.69. The smallest absolute Gasteiger partial charge is 0.253 e. The lowest BCUT2D eigenvalue weighted by Crippen LogP contribution is -2.38. The average molecular weight is 249 g/mol. The number of likely N-dealkylation sites (tertiary alicyclic amines) is 1. The molecule has 0 unspecified atom stereocenters. The predicted octanol–water partition coefficient (Wildman–Crippen LogP) is 3.48. The van der Waals surface area contributed by atoms with Crippen molar-refractivity contribution in [2.75, 3.05) is 13.1 Å². The Labute approximate surface area is 108 Å². The van der Waals surface area contributed by atoms with Crippen molar-refractivity contribution in [1.29, 1.82) is 0 Å². The van der Waals surface area contributed by atoms with E-state index in [1.807, 2.05) is 4.90 Å². The van der Waals surface area contributed by atoms with Crippen LogP contribution in [0.15, 0.2) is 24.3 Å². The number of carbonyl (C=O) groups is 1. The second-order valence-corrected chi connectivity index (χ2v) is 5.03. The molecule has 1 aliphatic rings. The number of benzene rings is 1. The lowest BCUT2D eigenvalue weighted by atomic mass is 9.92. The Balaban J connectivity index is 1.93. The molecule has 2 nitrogen and oxygen atoms in total. The van der Waals surface area contributed by atoms with Gasteiger partial charge < -0.3 is 4.90 Å². The number of amides is 1. The fraction of sp³-hybridized carbons (Fsp3) is 0.533. The standard InChI is InChI=1S/C15H20FNO/c1-2-3-12-8-10-17(11-9-12)15(18)13-4-6-14(16)7-5-13/h4-7,12H,2-3,8-11H2,1H3. The van der Waals surface area contributed by atoms with Crippen LogP contribution in [0, 0.1) is 11.7 Å². The van der Waals surface area contributed by atoms with Gasteiger partial charge in [0.05, 0.1) is 0 Å². The Kier molecular flexibility index (Phi) is 4.34. The van der Waals surface area contributed by atoms with E-state index in [1.54, 1.807) is 12.1 Å². The minimum absolute atomic E-state index is 0.0324. The molecule has 18 heavy (non-hydrogen) atoms. The van der Waals surface area contributed by atoms with Crippen molar-refractivity contribution in [2.24, 2.45) is 5.92 Å². The van der Waals surface area contributed by atoms with E-state index in [-0.39, 0.29) is 11.7 Å². The Morgan fingerprint density at radius 3 is 2.44 bits per heavy atom. The topological polar surface area (TPSA) is 20.3 Å². The Bertz CT molecular complexity index is 393. The molecule has 1 amide bonds. The summed E-state index contributed by atoms with van der Waals surface area (Å²) in [6, 6.07) is 5.82. The number of nitrogens with zero attached hydrogens (tertiary/aromatic N) is 1. The SMILES string of the molecule is CCCC1CCN(C(=O)c2ccc(F)cc2)CC1. The lowest BCUT2D eigenvalue weighted by molar-refractivity contribution is 0.0686. The van der Waals surface area contributed by atoms with Gasteiger partial charge in [-0.25, -0.2) is 4.39 Å². The van der Waals surface area contributed by atoms with E-state index in [1.165, 1.54) is 25.0 Å². The highest BCUT2D eigenvalue weighted by Crippen LogP contribution is 2.22. The van der Waals surface area contributed by atoms with Crippen molar-refractivity contribution in [3.05, 3.63) is 35.6 Å². The molecule has 0 aliphatic carbocycles. The highest BCUT2D eigenvalue weighted by Gasteiger charge is 2.22. The van der Waals surface area contributed by atoms with Gasteiger partial charge in [-0.15, -0.1) is 0 Å². The number of carbonyl (C=O) groups excluding carboxylic acids is 1. The first-order valence-electron chi connectivity index (χ1n) is 6.75. The summed E-state index contributed by atoms with van der Waals surface area (Å²) in [5.74, 6) is 0.505. The molecule has 1 heterocycles. The number of hydrogen-bond acceptors (Lipinski definition) is 1. The van der Waals surface area contributed by atoms with E-state index in [4.69, 9.17) is 0 Å². The van der Waals surface area contributed by atoms with E-state index < -0.39 is 0 Å². The molecule has 2 rings (SSSR count). The van der Waals surface area contributed by atoms with Gasteiger partial charge in [0.1, 0.15) is 5.82 Å². The van der Waals surface area contributed by atoms with Crippen LogP contribution in [0.2, 0.25) is 0 Å². The summed E-state index contributed by atoms with van der Waals surface area (Å²) >= 11 is 0. The molecule has 1 fully saturated rings. The summed E-state index contributed by atoms with van der Waals surface area (Å²) in [6.07, 6.45) is 4.68. The van der Waals surface area contributed by atoms with Gasteiger partial charge in [0.15, 0.2) is 0 Å². The van der Waals surface area contributed by atoms with Crippen molar-refractivity contribution in [3.63, 3.8) is 0 Å². The summed E-state index contributed by atoms with van der Waals surface area (Å²) in [7, 11) is 0.